The normalized spacial score (nSPS) is 11.0. The summed E-state index contributed by atoms with van der Waals surface area (Å²) in [5.41, 5.74) is -1.03. The molecular formula is C16H11F3N2O3. The zero-order valence-corrected chi connectivity index (χ0v) is 12.4. The zero-order valence-electron chi connectivity index (χ0n) is 12.4. The fraction of sp³-hybridized carbons (Fsp3) is 0.188. The highest BCUT2D eigenvalue weighted by atomic mass is 19.4. The number of aromatic nitrogens is 1. The SMILES string of the molecule is Cc1[nH]c(=O)c(C#N)cc1C(=O)OCc1ccc(C(F)(F)F)cc1. The van der Waals surface area contributed by atoms with Gasteiger partial charge in [-0.1, -0.05) is 12.1 Å². The van der Waals surface area contributed by atoms with E-state index >= 15 is 0 Å². The van der Waals surface area contributed by atoms with Gasteiger partial charge in [-0.2, -0.15) is 18.4 Å². The second kappa shape index (κ2) is 6.58. The molecule has 0 amide bonds. The van der Waals surface area contributed by atoms with Crippen molar-refractivity contribution in [2.24, 2.45) is 0 Å². The molecule has 1 heterocycles. The topological polar surface area (TPSA) is 83.0 Å². The van der Waals surface area contributed by atoms with E-state index < -0.39 is 23.3 Å². The molecule has 0 aliphatic carbocycles. The number of carbonyl (C=O) groups excluding carboxylic acids is 1. The molecule has 0 atom stereocenters. The third-order valence-electron chi connectivity index (χ3n) is 3.23. The van der Waals surface area contributed by atoms with E-state index in [2.05, 4.69) is 4.98 Å². The van der Waals surface area contributed by atoms with Gasteiger partial charge >= 0.3 is 12.1 Å². The molecule has 0 bridgehead atoms. The van der Waals surface area contributed by atoms with Crippen LogP contribution in [0.3, 0.4) is 0 Å². The molecule has 0 aliphatic heterocycles. The molecule has 2 rings (SSSR count). The van der Waals surface area contributed by atoms with Crippen molar-refractivity contribution < 1.29 is 22.7 Å². The molecule has 8 heteroatoms. The summed E-state index contributed by atoms with van der Waals surface area (Å²) in [6.45, 7) is 1.23. The van der Waals surface area contributed by atoms with E-state index in [1.807, 2.05) is 0 Å². The van der Waals surface area contributed by atoms with E-state index in [0.717, 1.165) is 18.2 Å². The Morgan fingerprint density at radius 2 is 1.92 bits per heavy atom. The third kappa shape index (κ3) is 3.81. The number of benzene rings is 1. The Bertz CT molecular complexity index is 862. The van der Waals surface area contributed by atoms with E-state index in [1.165, 1.54) is 19.1 Å². The number of carbonyl (C=O) groups is 1. The summed E-state index contributed by atoms with van der Waals surface area (Å²) in [7, 11) is 0. The van der Waals surface area contributed by atoms with Gasteiger partial charge in [-0.05, 0) is 30.7 Å². The maximum absolute atomic E-state index is 12.5. The monoisotopic (exact) mass is 336 g/mol. The number of aryl methyl sites for hydroxylation is 1. The summed E-state index contributed by atoms with van der Waals surface area (Å²) in [6, 6.07) is 6.96. The Morgan fingerprint density at radius 3 is 2.46 bits per heavy atom. The van der Waals surface area contributed by atoms with Gasteiger partial charge in [0, 0.05) is 5.69 Å². The number of aromatic amines is 1. The van der Waals surface area contributed by atoms with Crippen molar-refractivity contribution in [2.45, 2.75) is 19.7 Å². The molecule has 2 aromatic rings. The number of halogens is 3. The molecule has 1 N–H and O–H groups in total. The molecule has 0 saturated carbocycles. The summed E-state index contributed by atoms with van der Waals surface area (Å²) in [5, 5.41) is 8.80. The number of ether oxygens (including phenoxy) is 1. The van der Waals surface area contributed by atoms with E-state index in [4.69, 9.17) is 10.00 Å². The van der Waals surface area contributed by atoms with Crippen LogP contribution in [-0.4, -0.2) is 11.0 Å². The van der Waals surface area contributed by atoms with E-state index in [-0.39, 0.29) is 23.4 Å². The van der Waals surface area contributed by atoms with Crippen LogP contribution >= 0.6 is 0 Å². The molecule has 0 fully saturated rings. The number of alkyl halides is 3. The number of nitriles is 1. The van der Waals surface area contributed by atoms with Gasteiger partial charge in [0.25, 0.3) is 5.56 Å². The van der Waals surface area contributed by atoms with E-state index in [1.54, 1.807) is 6.07 Å². The lowest BCUT2D eigenvalue weighted by Crippen LogP contribution is -2.17. The third-order valence-corrected chi connectivity index (χ3v) is 3.23. The smallest absolute Gasteiger partial charge is 0.416 e. The highest BCUT2D eigenvalue weighted by molar-refractivity contribution is 5.90. The molecule has 5 nitrogen and oxygen atoms in total. The number of nitrogens with one attached hydrogen (secondary N) is 1. The fourth-order valence-electron chi connectivity index (χ4n) is 1.93. The first-order valence-electron chi connectivity index (χ1n) is 6.69. The van der Waals surface area contributed by atoms with Crippen molar-refractivity contribution in [1.29, 1.82) is 5.26 Å². The maximum atomic E-state index is 12.5. The van der Waals surface area contributed by atoms with Gasteiger partial charge in [0.15, 0.2) is 0 Å². The van der Waals surface area contributed by atoms with Crippen molar-refractivity contribution in [3.05, 3.63) is 68.6 Å². The lowest BCUT2D eigenvalue weighted by atomic mass is 10.1. The van der Waals surface area contributed by atoms with Crippen LogP contribution in [0.1, 0.15) is 32.7 Å². The van der Waals surface area contributed by atoms with Crippen LogP contribution in [0, 0.1) is 18.3 Å². The van der Waals surface area contributed by atoms with Crippen LogP contribution < -0.4 is 5.56 Å². The van der Waals surface area contributed by atoms with Gasteiger partial charge in [0.05, 0.1) is 11.1 Å². The van der Waals surface area contributed by atoms with Crippen LogP contribution in [-0.2, 0) is 17.5 Å². The van der Waals surface area contributed by atoms with Gasteiger partial charge in [-0.25, -0.2) is 4.79 Å². The Morgan fingerprint density at radius 1 is 1.29 bits per heavy atom. The number of nitrogens with zero attached hydrogens (tertiary/aromatic N) is 1. The molecule has 1 aromatic heterocycles. The summed E-state index contributed by atoms with van der Waals surface area (Å²) in [4.78, 5) is 25.8. The van der Waals surface area contributed by atoms with Crippen molar-refractivity contribution in [1.82, 2.24) is 4.98 Å². The molecule has 0 unspecified atom stereocenters. The van der Waals surface area contributed by atoms with Crippen LogP contribution in [0.2, 0.25) is 0 Å². The maximum Gasteiger partial charge on any atom is 0.416 e. The largest absolute Gasteiger partial charge is 0.457 e. The van der Waals surface area contributed by atoms with E-state index in [9.17, 15) is 22.8 Å². The molecule has 24 heavy (non-hydrogen) atoms. The molecule has 124 valence electrons. The van der Waals surface area contributed by atoms with Crippen LogP contribution in [0.4, 0.5) is 13.2 Å². The predicted octanol–water partition coefficient (Wildman–Crippen LogP) is 2.93. The number of hydrogen-bond acceptors (Lipinski definition) is 4. The van der Waals surface area contributed by atoms with Crippen molar-refractivity contribution in [3.8, 4) is 6.07 Å². The van der Waals surface area contributed by atoms with Gasteiger partial charge in [-0.15, -0.1) is 0 Å². The molecule has 0 aliphatic rings. The Labute approximate surface area is 134 Å². The first-order chi connectivity index (χ1) is 11.2. The summed E-state index contributed by atoms with van der Waals surface area (Å²) < 4.78 is 42.4. The fourth-order valence-corrected chi connectivity index (χ4v) is 1.93. The quantitative estimate of drug-likeness (QED) is 0.874. The second-order valence-corrected chi connectivity index (χ2v) is 4.93. The highest BCUT2D eigenvalue weighted by Crippen LogP contribution is 2.29. The first kappa shape index (κ1) is 17.3. The highest BCUT2D eigenvalue weighted by Gasteiger charge is 2.29. The molecular weight excluding hydrogens is 325 g/mol. The van der Waals surface area contributed by atoms with Crippen LogP contribution in [0.25, 0.3) is 0 Å². The average Bonchev–Trinajstić information content (AvgIpc) is 2.52. The van der Waals surface area contributed by atoms with Gasteiger partial charge in [0.1, 0.15) is 18.2 Å². The number of pyridine rings is 1. The summed E-state index contributed by atoms with van der Waals surface area (Å²) in [5.74, 6) is -0.792. The van der Waals surface area contributed by atoms with Gasteiger partial charge in [-0.3, -0.25) is 4.79 Å². The minimum absolute atomic E-state index is 0.0121. The standard InChI is InChI=1S/C16H11F3N2O3/c1-9-13(6-11(7-20)14(22)21-9)15(23)24-8-10-2-4-12(5-3-10)16(17,18)19/h2-6H,8H2,1H3,(H,21,22). The van der Waals surface area contributed by atoms with Gasteiger partial charge in [0.2, 0.25) is 0 Å². The van der Waals surface area contributed by atoms with Crippen molar-refractivity contribution in [3.63, 3.8) is 0 Å². The molecule has 0 saturated heterocycles. The summed E-state index contributed by atoms with van der Waals surface area (Å²) in [6.07, 6.45) is -4.43. The number of hydrogen-bond donors (Lipinski definition) is 1. The number of rotatable bonds is 3. The minimum Gasteiger partial charge on any atom is -0.457 e. The van der Waals surface area contributed by atoms with Crippen molar-refractivity contribution in [2.75, 3.05) is 0 Å². The molecule has 0 radical (unpaired) electrons. The minimum atomic E-state index is -4.43. The molecule has 1 aromatic carbocycles. The van der Waals surface area contributed by atoms with E-state index in [0.29, 0.717) is 5.56 Å². The van der Waals surface area contributed by atoms with Crippen molar-refractivity contribution >= 4 is 5.97 Å². The Kier molecular flexibility index (Phi) is 4.74. The van der Waals surface area contributed by atoms with Gasteiger partial charge < -0.3 is 9.72 Å². The Balaban J connectivity index is 2.11. The predicted molar refractivity (Wildman–Crippen MR) is 77.1 cm³/mol. The first-order valence-corrected chi connectivity index (χ1v) is 6.69. The Hall–Kier alpha value is -3.08. The lowest BCUT2D eigenvalue weighted by Gasteiger charge is -2.09. The summed E-state index contributed by atoms with van der Waals surface area (Å²) >= 11 is 0. The lowest BCUT2D eigenvalue weighted by molar-refractivity contribution is -0.137. The second-order valence-electron chi connectivity index (χ2n) is 4.93. The molecule has 0 spiro atoms. The van der Waals surface area contributed by atoms with Crippen LogP contribution in [0.5, 0.6) is 0 Å². The number of H-pyrrole nitrogens is 1. The zero-order chi connectivity index (χ0) is 17.9. The van der Waals surface area contributed by atoms with Crippen LogP contribution in [0.15, 0.2) is 35.1 Å². The average molecular weight is 336 g/mol. The number of esters is 1.